The molecule has 0 radical (unpaired) electrons. The van der Waals surface area contributed by atoms with E-state index in [0.717, 1.165) is 28.5 Å². The molecule has 0 aliphatic rings. The van der Waals surface area contributed by atoms with Gasteiger partial charge in [0, 0.05) is 36.3 Å². The number of hydrogen-bond acceptors (Lipinski definition) is 4. The molecule has 2 heterocycles. The molecule has 2 N–H and O–H groups in total. The molecular weight excluding hydrogens is 384 g/mol. The molecule has 0 aliphatic heterocycles. The van der Waals surface area contributed by atoms with Gasteiger partial charge in [0.25, 0.3) is 0 Å². The molecule has 0 atom stereocenters. The summed E-state index contributed by atoms with van der Waals surface area (Å²) in [4.78, 5) is 12.4. The number of nitrogens with one attached hydrogen (secondary N) is 2. The van der Waals surface area contributed by atoms with Crippen LogP contribution in [-0.4, -0.2) is 37.0 Å². The van der Waals surface area contributed by atoms with Gasteiger partial charge < -0.3 is 9.88 Å². The smallest absolute Gasteiger partial charge is 0.224 e. The molecule has 1 amide bonds. The molecule has 142 valence electrons. The minimum atomic E-state index is -0.0476. The fourth-order valence-electron chi connectivity index (χ4n) is 2.90. The zero-order valence-corrected chi connectivity index (χ0v) is 17.0. The molecule has 0 bridgehead atoms. The highest BCUT2D eigenvalue weighted by molar-refractivity contribution is 7.71. The number of aromatic nitrogens is 5. The number of benzene rings is 1. The topological polar surface area (TPSA) is 80.5 Å². The molecule has 2 aromatic heterocycles. The number of carbonyl (C=O) groups excluding carboxylic acids is 1. The summed E-state index contributed by atoms with van der Waals surface area (Å²) < 4.78 is 4.20. The Bertz CT molecular complexity index is 1020. The van der Waals surface area contributed by atoms with Gasteiger partial charge in [-0.15, -0.1) is 0 Å². The van der Waals surface area contributed by atoms with Crippen LogP contribution in [-0.2, 0) is 24.7 Å². The normalized spacial score (nSPS) is 11.0. The van der Waals surface area contributed by atoms with Crippen molar-refractivity contribution in [3.63, 3.8) is 0 Å². The van der Waals surface area contributed by atoms with Gasteiger partial charge in [0.15, 0.2) is 4.77 Å². The van der Waals surface area contributed by atoms with Gasteiger partial charge in [-0.1, -0.05) is 11.6 Å². The van der Waals surface area contributed by atoms with E-state index in [9.17, 15) is 4.79 Å². The van der Waals surface area contributed by atoms with Crippen molar-refractivity contribution in [2.24, 2.45) is 7.05 Å². The molecule has 3 aromatic rings. The van der Waals surface area contributed by atoms with Crippen molar-refractivity contribution in [2.75, 3.05) is 6.54 Å². The molecular formula is C18H21ClN6OS. The second kappa shape index (κ2) is 8.06. The number of amides is 1. The monoisotopic (exact) mass is 404 g/mol. The van der Waals surface area contributed by atoms with Crippen molar-refractivity contribution in [1.29, 1.82) is 0 Å². The molecule has 0 fully saturated rings. The van der Waals surface area contributed by atoms with Crippen LogP contribution in [0, 0.1) is 18.6 Å². The Labute approximate surface area is 167 Å². The van der Waals surface area contributed by atoms with E-state index in [2.05, 4.69) is 20.6 Å². The molecule has 0 saturated heterocycles. The largest absolute Gasteiger partial charge is 0.355 e. The summed E-state index contributed by atoms with van der Waals surface area (Å²) >= 11 is 11.0. The number of hydrogen-bond donors (Lipinski definition) is 2. The van der Waals surface area contributed by atoms with Crippen molar-refractivity contribution in [3.8, 4) is 5.69 Å². The summed E-state index contributed by atoms with van der Waals surface area (Å²) in [6.45, 7) is 4.37. The Morgan fingerprint density at radius 2 is 2.00 bits per heavy atom. The third-order valence-electron chi connectivity index (χ3n) is 4.49. The number of aryl methyl sites for hydroxylation is 1. The quantitative estimate of drug-likeness (QED) is 0.619. The van der Waals surface area contributed by atoms with Crippen LogP contribution in [0.4, 0.5) is 0 Å². The van der Waals surface area contributed by atoms with Crippen LogP contribution >= 0.6 is 23.8 Å². The number of halogens is 1. The highest BCUT2D eigenvalue weighted by atomic mass is 35.5. The van der Waals surface area contributed by atoms with Crippen LogP contribution in [0.2, 0.25) is 5.02 Å². The van der Waals surface area contributed by atoms with E-state index in [4.69, 9.17) is 23.8 Å². The maximum atomic E-state index is 12.4. The Kier molecular flexibility index (Phi) is 5.76. The second-order valence-electron chi connectivity index (χ2n) is 6.32. The first-order valence-electron chi connectivity index (χ1n) is 8.55. The first kappa shape index (κ1) is 19.3. The summed E-state index contributed by atoms with van der Waals surface area (Å²) in [5, 5.41) is 15.1. The first-order chi connectivity index (χ1) is 12.9. The van der Waals surface area contributed by atoms with Gasteiger partial charge in [0.2, 0.25) is 5.91 Å². The fourth-order valence-corrected chi connectivity index (χ4v) is 3.18. The third-order valence-corrected chi connectivity index (χ3v) is 5.11. The highest BCUT2D eigenvalue weighted by Crippen LogP contribution is 2.20. The van der Waals surface area contributed by atoms with Gasteiger partial charge in [-0.3, -0.25) is 9.89 Å². The van der Waals surface area contributed by atoms with Crippen LogP contribution in [0.1, 0.15) is 22.8 Å². The minimum Gasteiger partial charge on any atom is -0.355 e. The van der Waals surface area contributed by atoms with Gasteiger partial charge >= 0.3 is 0 Å². The Hall–Kier alpha value is -2.45. The molecule has 9 heteroatoms. The maximum absolute atomic E-state index is 12.4. The predicted molar refractivity (Wildman–Crippen MR) is 107 cm³/mol. The minimum absolute atomic E-state index is 0.0476. The average Bonchev–Trinajstić information content (AvgIpc) is 3.10. The van der Waals surface area contributed by atoms with Crippen molar-refractivity contribution in [2.45, 2.75) is 26.7 Å². The van der Waals surface area contributed by atoms with Crippen LogP contribution in [0.3, 0.4) is 0 Å². The van der Waals surface area contributed by atoms with Gasteiger partial charge in [0.05, 0.1) is 17.8 Å². The van der Waals surface area contributed by atoms with Crippen LogP contribution in [0.5, 0.6) is 0 Å². The maximum Gasteiger partial charge on any atom is 0.224 e. The fraction of sp³-hybridized carbons (Fsp3) is 0.333. The van der Waals surface area contributed by atoms with E-state index in [1.165, 1.54) is 0 Å². The predicted octanol–water partition coefficient (Wildman–Crippen LogP) is 2.84. The number of rotatable bonds is 6. The third kappa shape index (κ3) is 4.28. The van der Waals surface area contributed by atoms with Gasteiger partial charge in [-0.05, 0) is 50.3 Å². The molecule has 0 unspecified atom stereocenters. The Morgan fingerprint density at radius 3 is 2.63 bits per heavy atom. The van der Waals surface area contributed by atoms with E-state index in [1.54, 1.807) is 4.57 Å². The molecule has 0 saturated carbocycles. The molecule has 0 spiro atoms. The van der Waals surface area contributed by atoms with Crippen molar-refractivity contribution in [3.05, 3.63) is 56.8 Å². The standard InChI is InChI=1S/C18H21ClN6OS/c1-11-15(12(2)25(23-11)14-6-4-13(19)5-7-14)10-17(26)20-9-8-16-21-22-18(27)24(16)3/h4-7H,8-10H2,1-3H3,(H,20,26)(H,22,27). The number of aromatic amines is 1. The van der Waals surface area contributed by atoms with Crippen LogP contribution in [0.15, 0.2) is 24.3 Å². The number of carbonyl (C=O) groups is 1. The molecule has 3 rings (SSSR count). The highest BCUT2D eigenvalue weighted by Gasteiger charge is 2.16. The van der Waals surface area contributed by atoms with Gasteiger partial charge in [-0.25, -0.2) is 4.68 Å². The molecule has 0 aliphatic carbocycles. The lowest BCUT2D eigenvalue weighted by atomic mass is 10.1. The number of nitrogens with zero attached hydrogens (tertiary/aromatic N) is 4. The van der Waals surface area contributed by atoms with Gasteiger partial charge in [0.1, 0.15) is 5.82 Å². The number of H-pyrrole nitrogens is 1. The van der Waals surface area contributed by atoms with Crippen molar-refractivity contribution in [1.82, 2.24) is 29.9 Å². The lowest BCUT2D eigenvalue weighted by Crippen LogP contribution is -2.28. The molecule has 27 heavy (non-hydrogen) atoms. The van der Waals surface area contributed by atoms with Crippen LogP contribution in [0.25, 0.3) is 5.69 Å². The van der Waals surface area contributed by atoms with E-state index < -0.39 is 0 Å². The van der Waals surface area contributed by atoms with Crippen molar-refractivity contribution >= 4 is 29.7 Å². The van der Waals surface area contributed by atoms with E-state index in [0.29, 0.717) is 22.8 Å². The second-order valence-corrected chi connectivity index (χ2v) is 7.14. The summed E-state index contributed by atoms with van der Waals surface area (Å²) in [5.41, 5.74) is 3.63. The summed E-state index contributed by atoms with van der Waals surface area (Å²) in [6, 6.07) is 7.46. The van der Waals surface area contributed by atoms with Crippen LogP contribution < -0.4 is 5.32 Å². The average molecular weight is 405 g/mol. The van der Waals surface area contributed by atoms with Gasteiger partial charge in [-0.2, -0.15) is 10.2 Å². The van der Waals surface area contributed by atoms with E-state index in [-0.39, 0.29) is 12.3 Å². The van der Waals surface area contributed by atoms with Crippen molar-refractivity contribution < 1.29 is 4.79 Å². The van der Waals surface area contributed by atoms with E-state index >= 15 is 0 Å². The molecule has 7 nitrogen and oxygen atoms in total. The lowest BCUT2D eigenvalue weighted by Gasteiger charge is -2.07. The lowest BCUT2D eigenvalue weighted by molar-refractivity contribution is -0.120. The summed E-state index contributed by atoms with van der Waals surface area (Å²) in [6.07, 6.45) is 0.890. The summed E-state index contributed by atoms with van der Waals surface area (Å²) in [5.74, 6) is 0.761. The summed E-state index contributed by atoms with van der Waals surface area (Å²) in [7, 11) is 1.85. The first-order valence-corrected chi connectivity index (χ1v) is 9.33. The molecule has 1 aromatic carbocycles. The van der Waals surface area contributed by atoms with E-state index in [1.807, 2.05) is 49.8 Å². The Balaban J connectivity index is 1.65. The zero-order chi connectivity index (χ0) is 19.6. The SMILES string of the molecule is Cc1nn(-c2ccc(Cl)cc2)c(C)c1CC(=O)NCCc1n[nH]c(=S)n1C. The zero-order valence-electron chi connectivity index (χ0n) is 15.4. The Morgan fingerprint density at radius 1 is 1.30 bits per heavy atom.